The minimum Gasteiger partial charge on any atom is -0.438 e. The third-order valence-corrected chi connectivity index (χ3v) is 6.95. The molecule has 0 radical (unpaired) electrons. The predicted octanol–water partition coefficient (Wildman–Crippen LogP) is 3.00. The van der Waals surface area contributed by atoms with Crippen LogP contribution in [0.2, 0.25) is 0 Å². The Morgan fingerprint density at radius 3 is 2.53 bits per heavy atom. The van der Waals surface area contributed by atoms with Crippen LogP contribution in [0.3, 0.4) is 0 Å². The van der Waals surface area contributed by atoms with Crippen LogP contribution < -0.4 is 4.74 Å². The number of ether oxygens (including phenoxy) is 2. The van der Waals surface area contributed by atoms with Crippen molar-refractivity contribution in [2.24, 2.45) is 0 Å². The van der Waals surface area contributed by atoms with Crippen molar-refractivity contribution in [3.05, 3.63) is 60.3 Å². The van der Waals surface area contributed by atoms with Gasteiger partial charge >= 0.3 is 0 Å². The van der Waals surface area contributed by atoms with Gasteiger partial charge in [0.05, 0.1) is 34.7 Å². The van der Waals surface area contributed by atoms with E-state index in [-0.39, 0.29) is 4.90 Å². The number of nitrogens with zero attached hydrogens (tertiary/aromatic N) is 4. The molecule has 0 aliphatic carbocycles. The fourth-order valence-electron chi connectivity index (χ4n) is 3.55. The molecule has 0 unspecified atom stereocenters. The first-order valence-electron chi connectivity index (χ1n) is 9.63. The van der Waals surface area contributed by atoms with Crippen LogP contribution in [0.25, 0.3) is 16.6 Å². The summed E-state index contributed by atoms with van der Waals surface area (Å²) in [6.07, 6.45) is 0. The van der Waals surface area contributed by atoms with E-state index in [9.17, 15) is 8.42 Å². The van der Waals surface area contributed by atoms with Crippen LogP contribution in [0.4, 0.5) is 0 Å². The maximum absolute atomic E-state index is 12.8. The molecular formula is C21H20N4O4S. The van der Waals surface area contributed by atoms with Gasteiger partial charge in [-0.15, -0.1) is 0 Å². The van der Waals surface area contributed by atoms with Crippen LogP contribution in [-0.4, -0.2) is 53.6 Å². The standard InChI is InChI=1S/C21H20N4O4S/c1-15-14-20-22-21(18-4-2-3-5-19(18)25(20)23-15)29-16-6-8-17(9-7-16)30(26,27)24-10-12-28-13-11-24/h2-9,14H,10-13H2,1H3. The lowest BCUT2D eigenvalue weighted by Gasteiger charge is -2.26. The van der Waals surface area contributed by atoms with Crippen LogP contribution in [0.5, 0.6) is 11.6 Å². The lowest BCUT2D eigenvalue weighted by molar-refractivity contribution is 0.0730. The summed E-state index contributed by atoms with van der Waals surface area (Å²) in [5.41, 5.74) is 2.44. The van der Waals surface area contributed by atoms with Crippen molar-refractivity contribution in [2.75, 3.05) is 26.3 Å². The van der Waals surface area contributed by atoms with Gasteiger partial charge < -0.3 is 9.47 Å². The third-order valence-electron chi connectivity index (χ3n) is 5.04. The second kappa shape index (κ2) is 7.35. The summed E-state index contributed by atoms with van der Waals surface area (Å²) in [4.78, 5) is 4.83. The number of hydrogen-bond donors (Lipinski definition) is 0. The van der Waals surface area contributed by atoms with Gasteiger partial charge in [-0.05, 0) is 43.3 Å². The Morgan fingerprint density at radius 2 is 1.77 bits per heavy atom. The molecule has 1 aliphatic heterocycles. The highest BCUT2D eigenvalue weighted by molar-refractivity contribution is 7.89. The molecule has 4 aromatic rings. The molecule has 2 aromatic heterocycles. The molecular weight excluding hydrogens is 404 g/mol. The molecule has 8 nitrogen and oxygen atoms in total. The van der Waals surface area contributed by atoms with Gasteiger partial charge in [-0.1, -0.05) is 12.1 Å². The van der Waals surface area contributed by atoms with Crippen LogP contribution in [0, 0.1) is 6.92 Å². The average molecular weight is 424 g/mol. The number of aromatic nitrogens is 3. The van der Waals surface area contributed by atoms with E-state index in [1.165, 1.54) is 4.31 Å². The summed E-state index contributed by atoms with van der Waals surface area (Å²) < 4.78 is 40.1. The lowest BCUT2D eigenvalue weighted by Crippen LogP contribution is -2.40. The highest BCUT2D eigenvalue weighted by Gasteiger charge is 2.26. The molecule has 0 N–H and O–H groups in total. The van der Waals surface area contributed by atoms with Crippen molar-refractivity contribution in [2.45, 2.75) is 11.8 Å². The summed E-state index contributed by atoms with van der Waals surface area (Å²) in [7, 11) is -3.54. The molecule has 0 bridgehead atoms. The van der Waals surface area contributed by atoms with E-state index < -0.39 is 10.0 Å². The maximum Gasteiger partial charge on any atom is 0.243 e. The van der Waals surface area contributed by atoms with Gasteiger partial charge in [0, 0.05) is 19.2 Å². The van der Waals surface area contributed by atoms with E-state index >= 15 is 0 Å². The molecule has 1 saturated heterocycles. The highest BCUT2D eigenvalue weighted by atomic mass is 32.2. The van der Waals surface area contributed by atoms with E-state index in [4.69, 9.17) is 9.47 Å². The molecule has 0 atom stereocenters. The molecule has 2 aromatic carbocycles. The Balaban J connectivity index is 1.48. The van der Waals surface area contributed by atoms with Gasteiger partial charge in [-0.3, -0.25) is 0 Å². The molecule has 1 fully saturated rings. The number of fused-ring (bicyclic) bond motifs is 3. The Kier molecular flexibility index (Phi) is 4.65. The number of aryl methyl sites for hydroxylation is 1. The SMILES string of the molecule is Cc1cc2nc(Oc3ccc(S(=O)(=O)N4CCOCC4)cc3)c3ccccc3n2n1. The fourth-order valence-corrected chi connectivity index (χ4v) is 4.96. The summed E-state index contributed by atoms with van der Waals surface area (Å²) in [6, 6.07) is 16.0. The van der Waals surface area contributed by atoms with Crippen molar-refractivity contribution in [1.82, 2.24) is 18.9 Å². The molecule has 0 spiro atoms. The highest BCUT2D eigenvalue weighted by Crippen LogP contribution is 2.30. The third kappa shape index (κ3) is 3.30. The number of para-hydroxylation sites is 1. The summed E-state index contributed by atoms with van der Waals surface area (Å²) in [5, 5.41) is 5.31. The monoisotopic (exact) mass is 424 g/mol. The van der Waals surface area contributed by atoms with E-state index in [2.05, 4.69) is 10.1 Å². The Morgan fingerprint density at radius 1 is 1.03 bits per heavy atom. The molecule has 0 amide bonds. The molecule has 30 heavy (non-hydrogen) atoms. The van der Waals surface area contributed by atoms with Gasteiger partial charge in [0.1, 0.15) is 5.75 Å². The first-order chi connectivity index (χ1) is 14.5. The Hall–Kier alpha value is -3.01. The van der Waals surface area contributed by atoms with Gasteiger partial charge in [-0.25, -0.2) is 12.9 Å². The maximum atomic E-state index is 12.8. The summed E-state index contributed by atoms with van der Waals surface area (Å²) in [5.74, 6) is 0.955. The zero-order chi connectivity index (χ0) is 20.7. The topological polar surface area (TPSA) is 86.0 Å². The molecule has 5 rings (SSSR count). The van der Waals surface area contributed by atoms with E-state index in [1.54, 1.807) is 28.8 Å². The fraction of sp³-hybridized carbons (Fsp3) is 0.238. The molecule has 3 heterocycles. The van der Waals surface area contributed by atoms with Crippen molar-refractivity contribution in [1.29, 1.82) is 0 Å². The number of benzene rings is 2. The van der Waals surface area contributed by atoms with Gasteiger partial charge in [0.15, 0.2) is 5.65 Å². The number of rotatable bonds is 4. The van der Waals surface area contributed by atoms with Gasteiger partial charge in [-0.2, -0.15) is 14.4 Å². The van der Waals surface area contributed by atoms with E-state index in [1.807, 2.05) is 37.3 Å². The zero-order valence-corrected chi connectivity index (χ0v) is 17.2. The summed E-state index contributed by atoms with van der Waals surface area (Å²) >= 11 is 0. The minimum absolute atomic E-state index is 0.233. The lowest BCUT2D eigenvalue weighted by atomic mass is 10.2. The van der Waals surface area contributed by atoms with Crippen LogP contribution in [-0.2, 0) is 14.8 Å². The number of sulfonamides is 1. The number of morpholine rings is 1. The van der Waals surface area contributed by atoms with Gasteiger partial charge in [0.25, 0.3) is 0 Å². The first-order valence-corrected chi connectivity index (χ1v) is 11.1. The molecule has 9 heteroatoms. The van der Waals surface area contributed by atoms with E-state index in [0.29, 0.717) is 43.6 Å². The van der Waals surface area contributed by atoms with Crippen molar-refractivity contribution in [3.8, 4) is 11.6 Å². The summed E-state index contributed by atoms with van der Waals surface area (Å²) in [6.45, 7) is 3.46. The normalized spacial score (nSPS) is 15.6. The van der Waals surface area contributed by atoms with Crippen molar-refractivity contribution in [3.63, 3.8) is 0 Å². The molecule has 154 valence electrons. The Labute approximate surface area is 173 Å². The van der Waals surface area contributed by atoms with Crippen LogP contribution in [0.15, 0.2) is 59.5 Å². The van der Waals surface area contributed by atoms with E-state index in [0.717, 1.165) is 16.6 Å². The van der Waals surface area contributed by atoms with Crippen LogP contribution >= 0.6 is 0 Å². The Bertz CT molecular complexity index is 1330. The zero-order valence-electron chi connectivity index (χ0n) is 16.4. The minimum atomic E-state index is -3.54. The quantitative estimate of drug-likeness (QED) is 0.501. The van der Waals surface area contributed by atoms with Crippen LogP contribution in [0.1, 0.15) is 5.69 Å². The number of hydrogen-bond acceptors (Lipinski definition) is 6. The molecule has 0 saturated carbocycles. The average Bonchev–Trinajstić information content (AvgIpc) is 3.15. The predicted molar refractivity (Wildman–Crippen MR) is 111 cm³/mol. The van der Waals surface area contributed by atoms with Crippen molar-refractivity contribution < 1.29 is 17.9 Å². The second-order valence-corrected chi connectivity index (χ2v) is 9.02. The smallest absolute Gasteiger partial charge is 0.243 e. The first kappa shape index (κ1) is 19.0. The second-order valence-electron chi connectivity index (χ2n) is 7.08. The molecule has 1 aliphatic rings. The van der Waals surface area contributed by atoms with Crippen molar-refractivity contribution >= 4 is 26.6 Å². The largest absolute Gasteiger partial charge is 0.438 e. The van der Waals surface area contributed by atoms with Gasteiger partial charge in [0.2, 0.25) is 15.9 Å².